The van der Waals surface area contributed by atoms with E-state index in [4.69, 9.17) is 0 Å². The van der Waals surface area contributed by atoms with Crippen LogP contribution >= 0.6 is 0 Å². The standard InChI is InChI=1S/C15H19N3/c1-11-6-4-5-7-13(11)8-14(16-3)15-10-17-12(2)9-18-15/h4-7,9-10,14,16H,8H2,1-3H3. The lowest BCUT2D eigenvalue weighted by atomic mass is 9.99. The maximum Gasteiger partial charge on any atom is 0.0759 e. The van der Waals surface area contributed by atoms with E-state index < -0.39 is 0 Å². The Morgan fingerprint density at radius 3 is 2.50 bits per heavy atom. The average molecular weight is 241 g/mol. The molecule has 0 spiro atoms. The summed E-state index contributed by atoms with van der Waals surface area (Å²) in [5.41, 5.74) is 4.60. The largest absolute Gasteiger partial charge is 0.311 e. The Balaban J connectivity index is 2.20. The first-order chi connectivity index (χ1) is 8.70. The van der Waals surface area contributed by atoms with Crippen molar-refractivity contribution in [3.8, 4) is 0 Å². The smallest absolute Gasteiger partial charge is 0.0759 e. The van der Waals surface area contributed by atoms with E-state index in [0.717, 1.165) is 17.8 Å². The quantitative estimate of drug-likeness (QED) is 0.894. The molecule has 1 heterocycles. The van der Waals surface area contributed by atoms with Crippen LogP contribution in [0.5, 0.6) is 0 Å². The van der Waals surface area contributed by atoms with Gasteiger partial charge in [0.1, 0.15) is 0 Å². The van der Waals surface area contributed by atoms with Crippen LogP contribution in [0.4, 0.5) is 0 Å². The second-order valence-corrected chi connectivity index (χ2v) is 4.55. The first-order valence-electron chi connectivity index (χ1n) is 6.21. The molecule has 94 valence electrons. The number of nitrogens with one attached hydrogen (secondary N) is 1. The van der Waals surface area contributed by atoms with Gasteiger partial charge in [0.2, 0.25) is 0 Å². The SMILES string of the molecule is CNC(Cc1ccccc1C)c1cnc(C)cn1. The predicted molar refractivity (Wildman–Crippen MR) is 73.5 cm³/mol. The van der Waals surface area contributed by atoms with Crippen LogP contribution in [0.15, 0.2) is 36.7 Å². The van der Waals surface area contributed by atoms with Gasteiger partial charge in [-0.15, -0.1) is 0 Å². The fourth-order valence-corrected chi connectivity index (χ4v) is 2.00. The summed E-state index contributed by atoms with van der Waals surface area (Å²) >= 11 is 0. The number of rotatable bonds is 4. The number of hydrogen-bond donors (Lipinski definition) is 1. The van der Waals surface area contributed by atoms with Crippen LogP contribution in [0.2, 0.25) is 0 Å². The first kappa shape index (κ1) is 12.7. The summed E-state index contributed by atoms with van der Waals surface area (Å²) in [7, 11) is 1.96. The van der Waals surface area contributed by atoms with E-state index in [-0.39, 0.29) is 6.04 Å². The van der Waals surface area contributed by atoms with Gasteiger partial charge in [-0.25, -0.2) is 0 Å². The monoisotopic (exact) mass is 241 g/mol. The van der Waals surface area contributed by atoms with Crippen LogP contribution in [0.25, 0.3) is 0 Å². The van der Waals surface area contributed by atoms with Crippen LogP contribution in [0.1, 0.15) is 28.6 Å². The van der Waals surface area contributed by atoms with Crippen molar-refractivity contribution in [2.75, 3.05) is 7.05 Å². The number of aryl methyl sites for hydroxylation is 2. The van der Waals surface area contributed by atoms with Gasteiger partial charge in [0.25, 0.3) is 0 Å². The van der Waals surface area contributed by atoms with Crippen LogP contribution in [0.3, 0.4) is 0 Å². The number of aromatic nitrogens is 2. The molecule has 0 aliphatic rings. The van der Waals surface area contributed by atoms with E-state index in [9.17, 15) is 0 Å². The van der Waals surface area contributed by atoms with Crippen molar-refractivity contribution in [3.63, 3.8) is 0 Å². The molecule has 2 aromatic rings. The zero-order valence-electron chi connectivity index (χ0n) is 11.1. The molecule has 2 rings (SSSR count). The highest BCUT2D eigenvalue weighted by Gasteiger charge is 2.12. The van der Waals surface area contributed by atoms with Crippen LogP contribution < -0.4 is 5.32 Å². The van der Waals surface area contributed by atoms with Crippen LogP contribution in [-0.4, -0.2) is 17.0 Å². The maximum atomic E-state index is 4.45. The molecule has 3 nitrogen and oxygen atoms in total. The minimum absolute atomic E-state index is 0.208. The van der Waals surface area contributed by atoms with Crippen LogP contribution in [-0.2, 0) is 6.42 Å². The number of nitrogens with zero attached hydrogens (tertiary/aromatic N) is 2. The highest BCUT2D eigenvalue weighted by atomic mass is 14.9. The van der Waals surface area contributed by atoms with Crippen molar-refractivity contribution in [2.45, 2.75) is 26.3 Å². The second-order valence-electron chi connectivity index (χ2n) is 4.55. The molecule has 0 saturated heterocycles. The van der Waals surface area contributed by atoms with E-state index in [2.05, 4.69) is 46.5 Å². The third-order valence-electron chi connectivity index (χ3n) is 3.19. The van der Waals surface area contributed by atoms with Gasteiger partial charge in [-0.2, -0.15) is 0 Å². The molecule has 0 bridgehead atoms. The predicted octanol–water partition coefficient (Wildman–Crippen LogP) is 2.60. The molecule has 0 aliphatic heterocycles. The second kappa shape index (κ2) is 5.74. The number of benzene rings is 1. The minimum atomic E-state index is 0.208. The van der Waals surface area contributed by atoms with Crippen molar-refractivity contribution < 1.29 is 0 Å². The fourth-order valence-electron chi connectivity index (χ4n) is 2.00. The molecule has 3 heteroatoms. The summed E-state index contributed by atoms with van der Waals surface area (Å²) in [4.78, 5) is 8.76. The Kier molecular flexibility index (Phi) is 4.05. The van der Waals surface area contributed by atoms with Crippen molar-refractivity contribution in [1.29, 1.82) is 0 Å². The lowest BCUT2D eigenvalue weighted by molar-refractivity contribution is 0.571. The van der Waals surface area contributed by atoms with E-state index in [1.54, 1.807) is 0 Å². The van der Waals surface area contributed by atoms with E-state index in [1.807, 2.05) is 26.4 Å². The molecule has 0 radical (unpaired) electrons. The molecule has 1 unspecified atom stereocenters. The molecular formula is C15H19N3. The molecular weight excluding hydrogens is 222 g/mol. The van der Waals surface area contributed by atoms with Crippen LogP contribution in [0, 0.1) is 13.8 Å². The molecule has 0 fully saturated rings. The maximum absolute atomic E-state index is 4.45. The third-order valence-corrected chi connectivity index (χ3v) is 3.19. The molecule has 1 aromatic heterocycles. The molecule has 1 N–H and O–H groups in total. The zero-order chi connectivity index (χ0) is 13.0. The van der Waals surface area contributed by atoms with Gasteiger partial charge in [0.05, 0.1) is 23.6 Å². The Hall–Kier alpha value is -1.74. The normalized spacial score (nSPS) is 12.4. The molecule has 1 atom stereocenters. The summed E-state index contributed by atoms with van der Waals surface area (Å²) in [6.45, 7) is 4.09. The highest BCUT2D eigenvalue weighted by Crippen LogP contribution is 2.18. The van der Waals surface area contributed by atoms with E-state index in [0.29, 0.717) is 0 Å². The minimum Gasteiger partial charge on any atom is -0.311 e. The van der Waals surface area contributed by atoms with Gasteiger partial charge < -0.3 is 5.32 Å². The Bertz CT molecular complexity index is 505. The lowest BCUT2D eigenvalue weighted by Crippen LogP contribution is -2.20. The van der Waals surface area contributed by atoms with E-state index >= 15 is 0 Å². The zero-order valence-corrected chi connectivity index (χ0v) is 11.1. The molecule has 0 saturated carbocycles. The third kappa shape index (κ3) is 2.93. The topological polar surface area (TPSA) is 37.8 Å². The Morgan fingerprint density at radius 1 is 1.11 bits per heavy atom. The molecule has 18 heavy (non-hydrogen) atoms. The number of likely N-dealkylation sites (N-methyl/N-ethyl adjacent to an activating group) is 1. The van der Waals surface area contributed by atoms with Gasteiger partial charge >= 0.3 is 0 Å². The van der Waals surface area contributed by atoms with Crippen molar-refractivity contribution in [3.05, 3.63) is 59.2 Å². The fraction of sp³-hybridized carbons (Fsp3) is 0.333. The highest BCUT2D eigenvalue weighted by molar-refractivity contribution is 5.27. The summed E-state index contributed by atoms with van der Waals surface area (Å²) in [5.74, 6) is 0. The van der Waals surface area contributed by atoms with Crippen molar-refractivity contribution >= 4 is 0 Å². The van der Waals surface area contributed by atoms with Crippen molar-refractivity contribution in [1.82, 2.24) is 15.3 Å². The van der Waals surface area contributed by atoms with E-state index in [1.165, 1.54) is 11.1 Å². The molecule has 0 amide bonds. The van der Waals surface area contributed by atoms with Gasteiger partial charge in [-0.3, -0.25) is 9.97 Å². The summed E-state index contributed by atoms with van der Waals surface area (Å²) in [6.07, 6.45) is 4.60. The summed E-state index contributed by atoms with van der Waals surface area (Å²) < 4.78 is 0. The first-order valence-corrected chi connectivity index (χ1v) is 6.21. The Morgan fingerprint density at radius 2 is 1.89 bits per heavy atom. The van der Waals surface area contributed by atoms with Gasteiger partial charge in [-0.1, -0.05) is 24.3 Å². The summed E-state index contributed by atoms with van der Waals surface area (Å²) in [6, 6.07) is 8.66. The van der Waals surface area contributed by atoms with Gasteiger partial charge in [-0.05, 0) is 38.4 Å². The average Bonchev–Trinajstić information content (AvgIpc) is 2.39. The molecule has 1 aromatic carbocycles. The van der Waals surface area contributed by atoms with Crippen molar-refractivity contribution in [2.24, 2.45) is 0 Å². The molecule has 0 aliphatic carbocycles. The van der Waals surface area contributed by atoms with Gasteiger partial charge in [0.15, 0.2) is 0 Å². The number of hydrogen-bond acceptors (Lipinski definition) is 3. The lowest BCUT2D eigenvalue weighted by Gasteiger charge is -2.16. The summed E-state index contributed by atoms with van der Waals surface area (Å²) in [5, 5.41) is 3.31. The Labute approximate surface area is 108 Å². The van der Waals surface area contributed by atoms with Gasteiger partial charge in [0, 0.05) is 6.20 Å².